The normalized spacial score (nSPS) is 14.2. The first-order valence-corrected chi connectivity index (χ1v) is 5.82. The number of hydrogen-bond donors (Lipinski definition) is 0. The fraction of sp³-hybridized carbons (Fsp3) is 0.667. The Balaban J connectivity index is 3.98. The van der Waals surface area contributed by atoms with Crippen molar-refractivity contribution in [1.82, 2.24) is 0 Å². The summed E-state index contributed by atoms with van der Waals surface area (Å²) in [4.78, 5) is 22.4. The predicted molar refractivity (Wildman–Crippen MR) is 63.5 cm³/mol. The van der Waals surface area contributed by atoms with Gasteiger partial charge in [-0.3, -0.25) is 0 Å². The molecular weight excluding hydrogens is 240 g/mol. The van der Waals surface area contributed by atoms with Gasteiger partial charge in [0.05, 0.1) is 0 Å². The highest BCUT2D eigenvalue weighted by Crippen LogP contribution is 1.97. The van der Waals surface area contributed by atoms with Crippen LogP contribution in [0.25, 0.3) is 0 Å². The second kappa shape index (κ2) is 9.61. The van der Waals surface area contributed by atoms with Gasteiger partial charge in [0.2, 0.25) is 0 Å². The monoisotopic (exact) mass is 260 g/mol. The zero-order valence-electron chi connectivity index (χ0n) is 11.2. The van der Waals surface area contributed by atoms with E-state index in [9.17, 15) is 9.59 Å². The van der Waals surface area contributed by atoms with E-state index >= 15 is 0 Å². The lowest BCUT2D eigenvalue weighted by molar-refractivity contribution is -0.170. The molecule has 104 valence electrons. The van der Waals surface area contributed by atoms with Gasteiger partial charge in [-0.15, -0.1) is 0 Å². The standard InChI is InChI=1S/C12H20O6/c1-5-15-9(3)17-11(13)7-8-12(14)18-10(4)16-6-2/h7-10H,5-6H2,1-4H3/b8-7+. The number of ether oxygens (including phenoxy) is 4. The van der Waals surface area contributed by atoms with E-state index in [1.165, 1.54) is 0 Å². The first-order chi connectivity index (χ1) is 8.49. The van der Waals surface area contributed by atoms with Crippen molar-refractivity contribution in [2.45, 2.75) is 40.3 Å². The van der Waals surface area contributed by atoms with Crippen LogP contribution < -0.4 is 0 Å². The van der Waals surface area contributed by atoms with Crippen LogP contribution in [0.1, 0.15) is 27.7 Å². The highest BCUT2D eigenvalue weighted by atomic mass is 16.7. The van der Waals surface area contributed by atoms with Crippen LogP contribution >= 0.6 is 0 Å². The summed E-state index contributed by atoms with van der Waals surface area (Å²) in [5.41, 5.74) is 0. The highest BCUT2D eigenvalue weighted by molar-refractivity contribution is 5.91. The predicted octanol–water partition coefficient (Wildman–Crippen LogP) is 1.39. The van der Waals surface area contributed by atoms with Gasteiger partial charge in [-0.2, -0.15) is 0 Å². The van der Waals surface area contributed by atoms with Crippen LogP contribution in [0, 0.1) is 0 Å². The number of carbonyl (C=O) groups excluding carboxylic acids is 2. The van der Waals surface area contributed by atoms with Gasteiger partial charge in [0.1, 0.15) is 0 Å². The number of hydrogen-bond acceptors (Lipinski definition) is 6. The molecule has 0 heterocycles. The van der Waals surface area contributed by atoms with Crippen LogP contribution in [0.2, 0.25) is 0 Å². The molecule has 0 radical (unpaired) electrons. The van der Waals surface area contributed by atoms with Crippen molar-refractivity contribution in [2.75, 3.05) is 13.2 Å². The lowest BCUT2D eigenvalue weighted by atomic mass is 10.5. The summed E-state index contributed by atoms with van der Waals surface area (Å²) in [7, 11) is 0. The van der Waals surface area contributed by atoms with E-state index in [2.05, 4.69) is 0 Å². The molecule has 6 heteroatoms. The third-order valence-corrected chi connectivity index (χ3v) is 1.72. The van der Waals surface area contributed by atoms with Gasteiger partial charge in [-0.25, -0.2) is 9.59 Å². The molecule has 0 aliphatic heterocycles. The Hall–Kier alpha value is -1.40. The van der Waals surface area contributed by atoms with E-state index in [4.69, 9.17) is 18.9 Å². The minimum absolute atomic E-state index is 0.437. The van der Waals surface area contributed by atoms with Crippen molar-refractivity contribution in [3.63, 3.8) is 0 Å². The molecule has 0 N–H and O–H groups in total. The fourth-order valence-electron chi connectivity index (χ4n) is 1.08. The molecule has 0 spiro atoms. The average Bonchev–Trinajstić information content (AvgIpc) is 2.27. The molecule has 0 aliphatic rings. The lowest BCUT2D eigenvalue weighted by Crippen LogP contribution is -2.18. The highest BCUT2D eigenvalue weighted by Gasteiger charge is 2.08. The molecule has 0 saturated heterocycles. The molecule has 0 amide bonds. The third-order valence-electron chi connectivity index (χ3n) is 1.72. The minimum Gasteiger partial charge on any atom is -0.433 e. The van der Waals surface area contributed by atoms with Gasteiger partial charge in [-0.05, 0) is 27.7 Å². The summed E-state index contributed by atoms with van der Waals surface area (Å²) >= 11 is 0. The summed E-state index contributed by atoms with van der Waals surface area (Å²) < 4.78 is 19.6. The van der Waals surface area contributed by atoms with Gasteiger partial charge >= 0.3 is 11.9 Å². The quantitative estimate of drug-likeness (QED) is 0.373. The van der Waals surface area contributed by atoms with Crippen LogP contribution in [0.4, 0.5) is 0 Å². The van der Waals surface area contributed by atoms with Crippen LogP contribution in [0.3, 0.4) is 0 Å². The van der Waals surface area contributed by atoms with Gasteiger partial charge in [-0.1, -0.05) is 0 Å². The smallest absolute Gasteiger partial charge is 0.333 e. The molecule has 0 aromatic heterocycles. The maximum Gasteiger partial charge on any atom is 0.333 e. The Labute approximate surface area is 107 Å². The largest absolute Gasteiger partial charge is 0.433 e. The summed E-state index contributed by atoms with van der Waals surface area (Å²) in [5.74, 6) is -1.34. The van der Waals surface area contributed by atoms with E-state index in [1.807, 2.05) is 0 Å². The first-order valence-electron chi connectivity index (χ1n) is 5.82. The Morgan fingerprint density at radius 3 is 1.50 bits per heavy atom. The topological polar surface area (TPSA) is 71.1 Å². The van der Waals surface area contributed by atoms with Crippen LogP contribution in [0.5, 0.6) is 0 Å². The molecule has 2 unspecified atom stereocenters. The van der Waals surface area contributed by atoms with Crippen LogP contribution in [-0.2, 0) is 28.5 Å². The van der Waals surface area contributed by atoms with Gasteiger partial charge < -0.3 is 18.9 Å². The van der Waals surface area contributed by atoms with Crippen molar-refractivity contribution in [3.8, 4) is 0 Å². The van der Waals surface area contributed by atoms with Crippen molar-refractivity contribution >= 4 is 11.9 Å². The van der Waals surface area contributed by atoms with E-state index in [0.717, 1.165) is 12.2 Å². The second-order valence-corrected chi connectivity index (χ2v) is 3.25. The first kappa shape index (κ1) is 16.6. The van der Waals surface area contributed by atoms with Gasteiger partial charge in [0, 0.05) is 25.4 Å². The maximum atomic E-state index is 11.2. The Morgan fingerprint density at radius 1 is 0.889 bits per heavy atom. The van der Waals surface area contributed by atoms with Gasteiger partial charge in [0.25, 0.3) is 0 Å². The van der Waals surface area contributed by atoms with E-state index in [0.29, 0.717) is 13.2 Å². The molecule has 0 rings (SSSR count). The molecule has 0 aromatic carbocycles. The SMILES string of the molecule is CCOC(C)OC(=O)/C=C/C(=O)OC(C)OCC. The van der Waals surface area contributed by atoms with Crippen molar-refractivity contribution < 1.29 is 28.5 Å². The molecular formula is C12H20O6. The van der Waals surface area contributed by atoms with Gasteiger partial charge in [0.15, 0.2) is 12.6 Å². The average molecular weight is 260 g/mol. The van der Waals surface area contributed by atoms with Crippen LogP contribution in [-0.4, -0.2) is 37.7 Å². The summed E-state index contributed by atoms with van der Waals surface area (Å²) in [6.07, 6.45) is 0.670. The Bertz CT molecular complexity index is 258. The molecule has 18 heavy (non-hydrogen) atoms. The number of carbonyl (C=O) groups is 2. The summed E-state index contributed by atoms with van der Waals surface area (Å²) in [5, 5.41) is 0. The van der Waals surface area contributed by atoms with Crippen molar-refractivity contribution in [2.24, 2.45) is 0 Å². The maximum absolute atomic E-state index is 11.2. The van der Waals surface area contributed by atoms with E-state index in [-0.39, 0.29) is 0 Å². The molecule has 0 bridgehead atoms. The van der Waals surface area contributed by atoms with Crippen LogP contribution in [0.15, 0.2) is 12.2 Å². The number of rotatable bonds is 8. The molecule has 0 aliphatic carbocycles. The molecule has 2 atom stereocenters. The molecule has 0 fully saturated rings. The molecule has 0 saturated carbocycles. The zero-order chi connectivity index (χ0) is 14.0. The Kier molecular flexibility index (Phi) is 8.86. The van der Waals surface area contributed by atoms with Crippen molar-refractivity contribution in [1.29, 1.82) is 0 Å². The Morgan fingerprint density at radius 2 is 1.22 bits per heavy atom. The van der Waals surface area contributed by atoms with E-state index < -0.39 is 24.5 Å². The van der Waals surface area contributed by atoms with E-state index in [1.54, 1.807) is 27.7 Å². The molecule has 6 nitrogen and oxygen atoms in total. The summed E-state index contributed by atoms with van der Waals surface area (Å²) in [6, 6.07) is 0. The minimum atomic E-state index is -0.669. The molecule has 0 aromatic rings. The van der Waals surface area contributed by atoms with Crippen molar-refractivity contribution in [3.05, 3.63) is 12.2 Å². The zero-order valence-corrected chi connectivity index (χ0v) is 11.2. The lowest BCUT2D eigenvalue weighted by Gasteiger charge is -2.11. The second-order valence-electron chi connectivity index (χ2n) is 3.25. The summed E-state index contributed by atoms with van der Waals surface area (Å²) in [6.45, 7) is 7.62. The number of esters is 2. The fourth-order valence-corrected chi connectivity index (χ4v) is 1.08. The third kappa shape index (κ3) is 8.72.